The van der Waals surface area contributed by atoms with Gasteiger partial charge in [0.25, 0.3) is 5.71 Å². The van der Waals surface area contributed by atoms with Gasteiger partial charge in [-0.3, -0.25) is 5.11 Å². The van der Waals surface area contributed by atoms with Crippen molar-refractivity contribution in [3.05, 3.63) is 65.5 Å². The first kappa shape index (κ1) is 16.1. The lowest BCUT2D eigenvalue weighted by molar-refractivity contribution is 0.348. The third kappa shape index (κ3) is 2.86. The summed E-state index contributed by atoms with van der Waals surface area (Å²) in [5.74, 6) is 0.172. The van der Waals surface area contributed by atoms with Crippen LogP contribution in [0.15, 0.2) is 52.9 Å². The highest BCUT2D eigenvalue weighted by atomic mass is 19.1. The molecule has 0 bridgehead atoms. The Bertz CT molecular complexity index is 1100. The summed E-state index contributed by atoms with van der Waals surface area (Å²) >= 11 is 0. The van der Waals surface area contributed by atoms with Crippen LogP contribution >= 0.6 is 0 Å². The highest BCUT2D eigenvalue weighted by molar-refractivity contribution is 5.74. The molecule has 0 N–H and O–H groups in total. The molecule has 0 aliphatic rings. The fourth-order valence-corrected chi connectivity index (χ4v) is 2.69. The number of para-hydroxylation sites is 1. The van der Waals surface area contributed by atoms with E-state index in [1.807, 2.05) is 0 Å². The maximum absolute atomic E-state index is 13.7. The summed E-state index contributed by atoms with van der Waals surface area (Å²) in [6.45, 7) is 3.50. The summed E-state index contributed by atoms with van der Waals surface area (Å²) in [7, 11) is 0. The third-order valence-corrected chi connectivity index (χ3v) is 3.99. The second kappa shape index (κ2) is 6.15. The van der Waals surface area contributed by atoms with Crippen LogP contribution in [0.3, 0.4) is 0 Å². The maximum atomic E-state index is 13.7. The number of rotatable bonds is 3. The Kier molecular flexibility index (Phi) is 3.80. The molecule has 0 unspecified atom stereocenters. The molecule has 4 rings (SSSR count). The average molecular weight is 349 g/mol. The van der Waals surface area contributed by atoms with Crippen molar-refractivity contribution < 1.29 is 18.7 Å². The van der Waals surface area contributed by atoms with Crippen LogP contribution in [0.2, 0.25) is 0 Å². The number of hydrogen-bond donors (Lipinski definition) is 0. The van der Waals surface area contributed by atoms with Crippen molar-refractivity contribution in [3.8, 4) is 28.8 Å². The smallest absolute Gasteiger partial charge is 0.250 e. The van der Waals surface area contributed by atoms with Crippen LogP contribution in [0.4, 0.5) is 4.39 Å². The molecule has 4 aromatic rings. The van der Waals surface area contributed by atoms with Gasteiger partial charge in [-0.2, -0.15) is 4.98 Å². The van der Waals surface area contributed by atoms with E-state index in [1.165, 1.54) is 12.1 Å². The molecule has 0 saturated heterocycles. The third-order valence-electron chi connectivity index (χ3n) is 3.99. The first-order valence-electron chi connectivity index (χ1n) is 8.00. The number of aryl methyl sites for hydroxylation is 2. The van der Waals surface area contributed by atoms with Crippen LogP contribution in [0.1, 0.15) is 11.1 Å². The maximum Gasteiger partial charge on any atom is 0.250 e. The number of pyridine rings is 1. The van der Waals surface area contributed by atoms with Gasteiger partial charge in [-0.15, -0.1) is 0 Å². The van der Waals surface area contributed by atoms with E-state index >= 15 is 0 Å². The number of hydrogen-bond acceptors (Lipinski definition) is 4. The Morgan fingerprint density at radius 1 is 1.00 bits per heavy atom. The van der Waals surface area contributed by atoms with E-state index in [9.17, 15) is 9.50 Å². The molecule has 2 aromatic carbocycles. The van der Waals surface area contributed by atoms with E-state index in [2.05, 4.69) is 9.97 Å². The minimum Gasteiger partial charge on any atom is -0.436 e. The van der Waals surface area contributed by atoms with E-state index < -0.39 is 5.82 Å². The topological polar surface area (TPSA) is 68.1 Å². The second-order valence-electron chi connectivity index (χ2n) is 5.96. The van der Waals surface area contributed by atoms with E-state index in [0.717, 1.165) is 0 Å². The van der Waals surface area contributed by atoms with E-state index in [-0.39, 0.29) is 23.1 Å². The molecular weight excluding hydrogens is 335 g/mol. The van der Waals surface area contributed by atoms with Gasteiger partial charge >= 0.3 is 0 Å². The minimum atomic E-state index is -0.476. The molecule has 0 amide bonds. The van der Waals surface area contributed by atoms with Gasteiger partial charge in [-0.1, -0.05) is 12.1 Å². The van der Waals surface area contributed by atoms with Crippen LogP contribution in [-0.2, 0) is 5.11 Å². The van der Waals surface area contributed by atoms with Crippen molar-refractivity contribution in [2.45, 2.75) is 13.8 Å². The fraction of sp³-hybridized carbons (Fsp3) is 0.100. The molecule has 0 saturated carbocycles. The molecular formula is C20H14FN2O3. The van der Waals surface area contributed by atoms with Crippen LogP contribution in [0.25, 0.3) is 22.7 Å². The number of fused-ring (bicyclic) bond motifs is 1. The Labute approximate surface area is 148 Å². The van der Waals surface area contributed by atoms with Crippen molar-refractivity contribution in [3.63, 3.8) is 0 Å². The van der Waals surface area contributed by atoms with Crippen LogP contribution in [0.5, 0.6) is 17.4 Å². The monoisotopic (exact) mass is 349 g/mol. The quantitative estimate of drug-likeness (QED) is 0.484. The minimum absolute atomic E-state index is 0.00330. The molecule has 2 heterocycles. The lowest BCUT2D eigenvalue weighted by Crippen LogP contribution is -1.90. The SMILES string of the molecule is Cc1cc(-c2nc3ccc(Oc4ccccc4F)nc3o2)cc(C)c1[O]. The number of nitrogens with zero attached hydrogens (tertiary/aromatic N) is 2. The molecule has 5 nitrogen and oxygen atoms in total. The molecule has 2 aromatic heterocycles. The second-order valence-corrected chi connectivity index (χ2v) is 5.96. The Balaban J connectivity index is 1.71. The van der Waals surface area contributed by atoms with Crippen molar-refractivity contribution in [1.82, 2.24) is 9.97 Å². The summed E-state index contributed by atoms with van der Waals surface area (Å²) in [6.07, 6.45) is 0. The first-order valence-corrected chi connectivity index (χ1v) is 8.00. The Morgan fingerprint density at radius 3 is 2.46 bits per heavy atom. The van der Waals surface area contributed by atoms with Gasteiger partial charge in [0.2, 0.25) is 11.8 Å². The molecule has 6 heteroatoms. The van der Waals surface area contributed by atoms with E-state index in [0.29, 0.717) is 28.1 Å². The van der Waals surface area contributed by atoms with Crippen molar-refractivity contribution >= 4 is 11.2 Å². The molecule has 0 atom stereocenters. The molecule has 0 aliphatic heterocycles. The van der Waals surface area contributed by atoms with Crippen LogP contribution in [-0.4, -0.2) is 9.97 Å². The standard InChI is InChI=1S/C20H14FN2O3/c1-11-9-13(10-12(2)18(11)24)19-22-15-7-8-17(23-20(15)26-19)25-16-6-4-3-5-14(16)21/h3-10H,1-2H3. The lowest BCUT2D eigenvalue weighted by atomic mass is 10.1. The van der Waals surface area contributed by atoms with Gasteiger partial charge in [0, 0.05) is 11.6 Å². The molecule has 0 spiro atoms. The summed E-state index contributed by atoms with van der Waals surface area (Å²) in [5.41, 5.74) is 2.77. The van der Waals surface area contributed by atoms with Gasteiger partial charge < -0.3 is 9.15 Å². The highest BCUT2D eigenvalue weighted by Gasteiger charge is 2.14. The molecule has 0 fully saturated rings. The molecule has 26 heavy (non-hydrogen) atoms. The number of aromatic nitrogens is 2. The largest absolute Gasteiger partial charge is 0.436 e. The van der Waals surface area contributed by atoms with Gasteiger partial charge in [0.1, 0.15) is 5.52 Å². The molecule has 1 radical (unpaired) electrons. The van der Waals surface area contributed by atoms with Gasteiger partial charge in [0.15, 0.2) is 17.3 Å². The predicted molar refractivity (Wildman–Crippen MR) is 93.3 cm³/mol. The van der Waals surface area contributed by atoms with Crippen LogP contribution in [0, 0.1) is 19.7 Å². The fourth-order valence-electron chi connectivity index (χ4n) is 2.69. The lowest BCUT2D eigenvalue weighted by Gasteiger charge is -2.04. The van der Waals surface area contributed by atoms with Gasteiger partial charge in [0.05, 0.1) is 0 Å². The number of ether oxygens (including phenoxy) is 1. The van der Waals surface area contributed by atoms with E-state index in [4.69, 9.17) is 9.15 Å². The average Bonchev–Trinajstić information content (AvgIpc) is 3.04. The molecule has 0 aliphatic carbocycles. The number of oxazole rings is 1. The molecule has 129 valence electrons. The Hall–Kier alpha value is -3.41. The zero-order valence-corrected chi connectivity index (χ0v) is 14.1. The summed E-state index contributed by atoms with van der Waals surface area (Å²) in [4.78, 5) is 8.64. The summed E-state index contributed by atoms with van der Waals surface area (Å²) < 4.78 is 24.9. The van der Waals surface area contributed by atoms with Gasteiger partial charge in [-0.05, 0) is 55.3 Å². The normalized spacial score (nSPS) is 11.0. The Morgan fingerprint density at radius 2 is 1.73 bits per heavy atom. The number of halogens is 1. The van der Waals surface area contributed by atoms with Gasteiger partial charge in [-0.25, -0.2) is 9.37 Å². The van der Waals surface area contributed by atoms with E-state index in [1.54, 1.807) is 50.2 Å². The van der Waals surface area contributed by atoms with Crippen molar-refractivity contribution in [2.75, 3.05) is 0 Å². The zero-order valence-electron chi connectivity index (χ0n) is 14.1. The predicted octanol–water partition coefficient (Wildman–Crippen LogP) is 5.58. The first-order chi connectivity index (χ1) is 12.5. The highest BCUT2D eigenvalue weighted by Crippen LogP contribution is 2.31. The van der Waals surface area contributed by atoms with Crippen LogP contribution < -0.4 is 4.74 Å². The number of benzene rings is 2. The van der Waals surface area contributed by atoms with Crippen molar-refractivity contribution in [2.24, 2.45) is 0 Å². The summed E-state index contributed by atoms with van der Waals surface area (Å²) in [6, 6.07) is 12.8. The zero-order chi connectivity index (χ0) is 18.3. The summed E-state index contributed by atoms with van der Waals surface area (Å²) in [5, 5.41) is 11.9. The van der Waals surface area contributed by atoms with Crippen molar-refractivity contribution in [1.29, 1.82) is 0 Å².